The van der Waals surface area contributed by atoms with Gasteiger partial charge >= 0.3 is 0 Å². The molecule has 0 aliphatic heterocycles. The Morgan fingerprint density at radius 3 is 2.45 bits per heavy atom. The summed E-state index contributed by atoms with van der Waals surface area (Å²) in [5.41, 5.74) is 6.69. The van der Waals surface area contributed by atoms with E-state index in [0.29, 0.717) is 0 Å². The Hall–Kier alpha value is -0.780. The van der Waals surface area contributed by atoms with Gasteiger partial charge in [-0.25, -0.2) is 0 Å². The maximum absolute atomic E-state index is 2.54. The van der Waals surface area contributed by atoms with Crippen LogP contribution < -0.4 is 0 Å². The average molecular weight is 272 g/mol. The van der Waals surface area contributed by atoms with Crippen LogP contribution in [0.1, 0.15) is 81.5 Å². The van der Waals surface area contributed by atoms with E-state index in [2.05, 4.69) is 32.9 Å². The molecule has 0 amide bonds. The Labute approximate surface area is 126 Å². The first-order valence-electron chi connectivity index (χ1n) is 8.88. The molecule has 0 radical (unpaired) electrons. The van der Waals surface area contributed by atoms with E-state index in [1.165, 1.54) is 64.2 Å². The van der Waals surface area contributed by atoms with E-state index < -0.39 is 0 Å². The molecule has 0 bridgehead atoms. The average Bonchev–Trinajstić information content (AvgIpc) is 2.81. The first kappa shape index (κ1) is 15.6. The van der Waals surface area contributed by atoms with E-state index in [1.807, 2.05) is 0 Å². The highest BCUT2D eigenvalue weighted by molar-refractivity contribution is 5.43. The molecule has 0 fully saturated rings. The minimum Gasteiger partial charge on any atom is -0.0654 e. The zero-order valence-corrected chi connectivity index (χ0v) is 13.8. The fraction of sp³-hybridized carbons (Fsp3) is 0.700. The van der Waals surface area contributed by atoms with Crippen LogP contribution in [0.25, 0.3) is 0 Å². The van der Waals surface area contributed by atoms with Crippen LogP contribution in [0.2, 0.25) is 0 Å². The Morgan fingerprint density at radius 1 is 0.900 bits per heavy atom. The van der Waals surface area contributed by atoms with Crippen LogP contribution >= 0.6 is 0 Å². The molecule has 0 spiro atoms. The predicted molar refractivity (Wildman–Crippen MR) is 89.5 cm³/mol. The molecule has 1 aliphatic carbocycles. The monoisotopic (exact) mass is 272 g/mol. The van der Waals surface area contributed by atoms with Crippen molar-refractivity contribution in [3.63, 3.8) is 0 Å². The van der Waals surface area contributed by atoms with Crippen LogP contribution in [-0.2, 0) is 25.7 Å². The van der Waals surface area contributed by atoms with Gasteiger partial charge in [-0.15, -0.1) is 0 Å². The molecule has 1 atom stereocenters. The van der Waals surface area contributed by atoms with Crippen molar-refractivity contribution in [3.8, 4) is 0 Å². The molecule has 2 rings (SSSR count). The lowest BCUT2D eigenvalue weighted by atomic mass is 9.93. The van der Waals surface area contributed by atoms with Crippen LogP contribution in [-0.4, -0.2) is 0 Å². The van der Waals surface area contributed by atoms with E-state index in [-0.39, 0.29) is 0 Å². The molecule has 0 saturated heterocycles. The van der Waals surface area contributed by atoms with Crippen molar-refractivity contribution in [1.29, 1.82) is 0 Å². The van der Waals surface area contributed by atoms with Crippen molar-refractivity contribution in [1.82, 2.24) is 0 Å². The molecule has 0 aromatic heterocycles. The molecule has 1 aromatic rings. The van der Waals surface area contributed by atoms with Gasteiger partial charge in [-0.1, -0.05) is 58.6 Å². The molecular weight excluding hydrogens is 240 g/mol. The highest BCUT2D eigenvalue weighted by atomic mass is 14.3. The van der Waals surface area contributed by atoms with Crippen molar-refractivity contribution in [2.45, 2.75) is 85.0 Å². The SMILES string of the molecule is CCCCCCc1cc(CCCC)cc2c1CC(C)C2. The quantitative estimate of drug-likeness (QED) is 0.518. The van der Waals surface area contributed by atoms with Gasteiger partial charge in [0.25, 0.3) is 0 Å². The van der Waals surface area contributed by atoms with Crippen molar-refractivity contribution in [2.24, 2.45) is 5.92 Å². The molecule has 1 aliphatic rings. The van der Waals surface area contributed by atoms with Crippen molar-refractivity contribution in [3.05, 3.63) is 34.4 Å². The first-order chi connectivity index (χ1) is 9.74. The van der Waals surface area contributed by atoms with Gasteiger partial charge in [0.2, 0.25) is 0 Å². The number of aryl methyl sites for hydroxylation is 2. The molecule has 112 valence electrons. The third-order valence-corrected chi connectivity index (χ3v) is 4.73. The summed E-state index contributed by atoms with van der Waals surface area (Å²) in [5, 5.41) is 0. The van der Waals surface area contributed by atoms with Crippen LogP contribution in [0, 0.1) is 5.92 Å². The second-order valence-electron chi connectivity index (χ2n) is 6.82. The molecule has 20 heavy (non-hydrogen) atoms. The number of unbranched alkanes of at least 4 members (excludes halogenated alkanes) is 4. The topological polar surface area (TPSA) is 0 Å². The van der Waals surface area contributed by atoms with E-state index in [4.69, 9.17) is 0 Å². The van der Waals surface area contributed by atoms with Gasteiger partial charge < -0.3 is 0 Å². The number of benzene rings is 1. The van der Waals surface area contributed by atoms with Crippen molar-refractivity contribution in [2.75, 3.05) is 0 Å². The Kier molecular flexibility index (Phi) is 6.13. The zero-order chi connectivity index (χ0) is 14.4. The fourth-order valence-electron chi connectivity index (χ4n) is 3.60. The third-order valence-electron chi connectivity index (χ3n) is 4.73. The molecule has 0 nitrogen and oxygen atoms in total. The molecule has 0 saturated carbocycles. The molecule has 0 heteroatoms. The molecule has 1 unspecified atom stereocenters. The maximum atomic E-state index is 2.54. The molecule has 0 N–H and O–H groups in total. The zero-order valence-electron chi connectivity index (χ0n) is 13.8. The lowest BCUT2D eigenvalue weighted by molar-refractivity contribution is 0.623. The summed E-state index contributed by atoms with van der Waals surface area (Å²) in [5.74, 6) is 0.862. The molecule has 1 aromatic carbocycles. The third kappa shape index (κ3) is 4.11. The molecular formula is C20H32. The lowest BCUT2D eigenvalue weighted by Crippen LogP contribution is -1.98. The number of rotatable bonds is 8. The Bertz CT molecular complexity index is 416. The summed E-state index contributed by atoms with van der Waals surface area (Å²) in [6, 6.07) is 5.06. The second kappa shape index (κ2) is 7.86. The summed E-state index contributed by atoms with van der Waals surface area (Å²) < 4.78 is 0. The van der Waals surface area contributed by atoms with Crippen molar-refractivity contribution >= 4 is 0 Å². The largest absolute Gasteiger partial charge is 0.0654 e. The van der Waals surface area contributed by atoms with E-state index in [1.54, 1.807) is 22.3 Å². The van der Waals surface area contributed by atoms with Gasteiger partial charge in [-0.3, -0.25) is 0 Å². The standard InChI is InChI=1S/C20H32/c1-4-6-8-9-11-18-14-17(10-7-5-2)15-19-12-16(3)13-20(18)19/h14-16H,4-13H2,1-3H3. The van der Waals surface area contributed by atoms with Gasteiger partial charge in [0, 0.05) is 0 Å². The minimum absolute atomic E-state index is 0.862. The van der Waals surface area contributed by atoms with E-state index in [0.717, 1.165) is 5.92 Å². The van der Waals surface area contributed by atoms with Crippen LogP contribution in [0.5, 0.6) is 0 Å². The number of hydrogen-bond acceptors (Lipinski definition) is 0. The number of hydrogen-bond donors (Lipinski definition) is 0. The van der Waals surface area contributed by atoms with Crippen molar-refractivity contribution < 1.29 is 0 Å². The maximum Gasteiger partial charge on any atom is -0.0244 e. The lowest BCUT2D eigenvalue weighted by Gasteiger charge is -2.12. The summed E-state index contributed by atoms with van der Waals surface area (Å²) in [6.07, 6.45) is 13.4. The Morgan fingerprint density at radius 2 is 1.70 bits per heavy atom. The predicted octanol–water partition coefficient (Wildman–Crippen LogP) is 5.89. The van der Waals surface area contributed by atoms with Crippen LogP contribution in [0.3, 0.4) is 0 Å². The van der Waals surface area contributed by atoms with E-state index in [9.17, 15) is 0 Å². The first-order valence-corrected chi connectivity index (χ1v) is 8.88. The number of fused-ring (bicyclic) bond motifs is 1. The normalized spacial score (nSPS) is 17.4. The van der Waals surface area contributed by atoms with Gasteiger partial charge in [-0.2, -0.15) is 0 Å². The van der Waals surface area contributed by atoms with E-state index >= 15 is 0 Å². The summed E-state index contributed by atoms with van der Waals surface area (Å²) in [4.78, 5) is 0. The summed E-state index contributed by atoms with van der Waals surface area (Å²) in [6.45, 7) is 7.00. The molecule has 0 heterocycles. The Balaban J connectivity index is 2.09. The fourth-order valence-corrected chi connectivity index (χ4v) is 3.60. The van der Waals surface area contributed by atoms with Gasteiger partial charge in [0.05, 0.1) is 0 Å². The van der Waals surface area contributed by atoms with Crippen LogP contribution in [0.15, 0.2) is 12.1 Å². The highest BCUT2D eigenvalue weighted by Gasteiger charge is 2.21. The van der Waals surface area contributed by atoms with Crippen LogP contribution in [0.4, 0.5) is 0 Å². The summed E-state index contributed by atoms with van der Waals surface area (Å²) >= 11 is 0. The van der Waals surface area contributed by atoms with Gasteiger partial charge in [0.15, 0.2) is 0 Å². The summed E-state index contributed by atoms with van der Waals surface area (Å²) in [7, 11) is 0. The second-order valence-corrected chi connectivity index (χ2v) is 6.82. The minimum atomic E-state index is 0.862. The van der Waals surface area contributed by atoms with Gasteiger partial charge in [-0.05, 0) is 66.7 Å². The highest BCUT2D eigenvalue weighted by Crippen LogP contribution is 2.32. The smallest absolute Gasteiger partial charge is 0.0244 e. The van der Waals surface area contributed by atoms with Gasteiger partial charge in [0.1, 0.15) is 0 Å².